The Hall–Kier alpha value is -3.12. The van der Waals surface area contributed by atoms with Gasteiger partial charge in [-0.05, 0) is 23.3 Å². The van der Waals surface area contributed by atoms with Gasteiger partial charge in [0.2, 0.25) is 12.6 Å². The largest absolute Gasteiger partial charge is 0.488 e. The minimum absolute atomic E-state index is 0.129. The maximum Gasteiger partial charge on any atom is 0.231 e. The molecule has 0 bridgehead atoms. The first-order chi connectivity index (χ1) is 13.2. The van der Waals surface area contributed by atoms with Gasteiger partial charge < -0.3 is 18.9 Å². The molecule has 27 heavy (non-hydrogen) atoms. The molecule has 0 fully saturated rings. The lowest BCUT2D eigenvalue weighted by molar-refractivity contribution is -0.00857. The lowest BCUT2D eigenvalue weighted by Crippen LogP contribution is -2.42. The summed E-state index contributed by atoms with van der Waals surface area (Å²) in [7, 11) is 0. The molecule has 0 saturated carbocycles. The first-order valence-corrected chi connectivity index (χ1v) is 8.82. The number of Topliss-reactive ketones (excluding diaryl/α,β-unsaturated/α-hetero) is 2. The van der Waals surface area contributed by atoms with Crippen LogP contribution in [-0.2, 0) is 16.1 Å². The molecule has 2 atom stereocenters. The number of ether oxygens (including phenoxy) is 4. The van der Waals surface area contributed by atoms with Crippen LogP contribution in [0.4, 0.5) is 0 Å². The van der Waals surface area contributed by atoms with E-state index in [1.165, 1.54) is 0 Å². The number of carbonyl (C=O) groups excluding carboxylic acids is 2. The first kappa shape index (κ1) is 15.0. The number of hydrogen-bond donors (Lipinski definition) is 0. The fourth-order valence-electron chi connectivity index (χ4n) is 4.34. The topological polar surface area (TPSA) is 71.1 Å². The van der Waals surface area contributed by atoms with Crippen LogP contribution in [0.15, 0.2) is 47.7 Å². The third kappa shape index (κ3) is 1.93. The molecule has 1 aliphatic carbocycles. The molecular formula is C21H14O6. The summed E-state index contributed by atoms with van der Waals surface area (Å²) >= 11 is 0. The van der Waals surface area contributed by atoms with Crippen molar-refractivity contribution >= 4 is 11.6 Å². The molecule has 0 aromatic heterocycles. The van der Waals surface area contributed by atoms with Gasteiger partial charge in [-0.3, -0.25) is 9.59 Å². The number of hydrogen-bond acceptors (Lipinski definition) is 6. The van der Waals surface area contributed by atoms with Crippen LogP contribution in [0.3, 0.4) is 0 Å². The SMILES string of the molecule is O=C1C2=C(C(=O)c3ccccc31)[C@H]1OCc3cc4c(cc3[C@H]1CO2)OCO4. The van der Waals surface area contributed by atoms with E-state index in [2.05, 4.69) is 0 Å². The molecule has 6 heteroatoms. The minimum Gasteiger partial charge on any atom is -0.488 e. The lowest BCUT2D eigenvalue weighted by Gasteiger charge is -2.40. The third-order valence-electron chi connectivity index (χ3n) is 5.62. The van der Waals surface area contributed by atoms with Crippen molar-refractivity contribution in [2.75, 3.05) is 13.4 Å². The average molecular weight is 362 g/mol. The number of rotatable bonds is 0. The second-order valence-electron chi connectivity index (χ2n) is 7.00. The summed E-state index contributed by atoms with van der Waals surface area (Å²) < 4.78 is 22.8. The second-order valence-corrected chi connectivity index (χ2v) is 7.00. The minimum atomic E-state index is -0.508. The van der Waals surface area contributed by atoms with Gasteiger partial charge in [0, 0.05) is 17.0 Å². The van der Waals surface area contributed by atoms with Crippen molar-refractivity contribution in [1.82, 2.24) is 0 Å². The van der Waals surface area contributed by atoms with Crippen LogP contribution in [0.5, 0.6) is 11.5 Å². The van der Waals surface area contributed by atoms with E-state index < -0.39 is 6.10 Å². The van der Waals surface area contributed by atoms with Gasteiger partial charge in [0.05, 0.1) is 18.8 Å². The fraction of sp³-hybridized carbons (Fsp3) is 0.238. The zero-order chi connectivity index (χ0) is 18.1. The van der Waals surface area contributed by atoms with E-state index in [0.29, 0.717) is 34.8 Å². The molecule has 134 valence electrons. The predicted octanol–water partition coefficient (Wildman–Crippen LogP) is 2.76. The van der Waals surface area contributed by atoms with E-state index in [0.717, 1.165) is 11.1 Å². The van der Waals surface area contributed by atoms with Crippen LogP contribution in [0.2, 0.25) is 0 Å². The van der Waals surface area contributed by atoms with Gasteiger partial charge in [0.1, 0.15) is 6.10 Å². The van der Waals surface area contributed by atoms with Gasteiger partial charge in [0.15, 0.2) is 23.0 Å². The Morgan fingerprint density at radius 2 is 1.63 bits per heavy atom. The van der Waals surface area contributed by atoms with E-state index in [1.807, 2.05) is 12.1 Å². The molecule has 0 unspecified atom stereocenters. The van der Waals surface area contributed by atoms with Crippen LogP contribution >= 0.6 is 0 Å². The van der Waals surface area contributed by atoms with Gasteiger partial charge in [-0.15, -0.1) is 0 Å². The van der Waals surface area contributed by atoms with Crippen LogP contribution in [0.25, 0.3) is 0 Å². The zero-order valence-corrected chi connectivity index (χ0v) is 14.2. The van der Waals surface area contributed by atoms with Gasteiger partial charge in [-0.25, -0.2) is 0 Å². The van der Waals surface area contributed by atoms with E-state index in [9.17, 15) is 9.59 Å². The molecule has 6 rings (SSSR count). The molecule has 2 aromatic carbocycles. The Kier molecular flexibility index (Phi) is 2.89. The van der Waals surface area contributed by atoms with Gasteiger partial charge in [-0.2, -0.15) is 0 Å². The standard InChI is InChI=1S/C21H14O6/c22-18-11-3-1-2-4-12(11)19(23)21-17(18)20-14(8-25-21)13-6-16-15(26-9-27-16)5-10(13)7-24-20/h1-6,14,20H,7-9H2/t14-,20+/m1/s1. The van der Waals surface area contributed by atoms with Gasteiger partial charge in [-0.1, -0.05) is 24.3 Å². The molecule has 3 aliphatic heterocycles. The normalized spacial score (nSPS) is 24.6. The van der Waals surface area contributed by atoms with Crippen LogP contribution in [-0.4, -0.2) is 31.1 Å². The van der Waals surface area contributed by atoms with Crippen molar-refractivity contribution in [2.24, 2.45) is 0 Å². The smallest absolute Gasteiger partial charge is 0.231 e. The highest BCUT2D eigenvalue weighted by molar-refractivity contribution is 6.26. The molecule has 2 aromatic rings. The Balaban J connectivity index is 1.48. The highest BCUT2D eigenvalue weighted by Crippen LogP contribution is 2.46. The van der Waals surface area contributed by atoms with Crippen LogP contribution in [0, 0.1) is 0 Å². The van der Waals surface area contributed by atoms with E-state index in [-0.39, 0.29) is 36.6 Å². The molecule has 6 nitrogen and oxygen atoms in total. The van der Waals surface area contributed by atoms with Crippen molar-refractivity contribution in [1.29, 1.82) is 0 Å². The highest BCUT2D eigenvalue weighted by atomic mass is 16.7. The predicted molar refractivity (Wildman–Crippen MR) is 92.0 cm³/mol. The average Bonchev–Trinajstić information content (AvgIpc) is 3.17. The molecule has 0 spiro atoms. The number of fused-ring (bicyclic) bond motifs is 6. The number of ketones is 2. The number of carbonyl (C=O) groups is 2. The Morgan fingerprint density at radius 3 is 2.44 bits per heavy atom. The summed E-state index contributed by atoms with van der Waals surface area (Å²) in [6, 6.07) is 10.7. The summed E-state index contributed by atoms with van der Waals surface area (Å²) in [6.45, 7) is 0.813. The Labute approximate surface area is 154 Å². The van der Waals surface area contributed by atoms with Crippen LogP contribution < -0.4 is 9.47 Å². The monoisotopic (exact) mass is 362 g/mol. The summed E-state index contributed by atoms with van der Waals surface area (Å²) in [5, 5.41) is 0. The van der Waals surface area contributed by atoms with E-state index in [1.54, 1.807) is 24.3 Å². The maximum atomic E-state index is 13.1. The van der Waals surface area contributed by atoms with Crippen molar-refractivity contribution in [3.8, 4) is 11.5 Å². The fourth-order valence-corrected chi connectivity index (χ4v) is 4.34. The van der Waals surface area contributed by atoms with E-state index in [4.69, 9.17) is 18.9 Å². The Morgan fingerprint density at radius 1 is 0.889 bits per heavy atom. The van der Waals surface area contributed by atoms with Crippen LogP contribution in [0.1, 0.15) is 37.8 Å². The second kappa shape index (κ2) is 5.20. The molecule has 0 saturated heterocycles. The van der Waals surface area contributed by atoms with Gasteiger partial charge in [0.25, 0.3) is 0 Å². The Bertz CT molecular complexity index is 1070. The molecule has 0 N–H and O–H groups in total. The molecular weight excluding hydrogens is 348 g/mol. The molecule has 3 heterocycles. The van der Waals surface area contributed by atoms with Gasteiger partial charge >= 0.3 is 0 Å². The third-order valence-corrected chi connectivity index (χ3v) is 5.62. The first-order valence-electron chi connectivity index (χ1n) is 8.82. The van der Waals surface area contributed by atoms with Crippen molar-refractivity contribution < 1.29 is 28.5 Å². The van der Waals surface area contributed by atoms with E-state index >= 15 is 0 Å². The number of allylic oxidation sites excluding steroid dienone is 1. The van der Waals surface area contributed by atoms with Crippen molar-refractivity contribution in [2.45, 2.75) is 18.6 Å². The number of benzene rings is 2. The summed E-state index contributed by atoms with van der Waals surface area (Å²) in [6.07, 6.45) is -0.508. The molecule has 0 amide bonds. The quantitative estimate of drug-likeness (QED) is 0.718. The van der Waals surface area contributed by atoms with Crippen molar-refractivity contribution in [3.05, 3.63) is 70.0 Å². The zero-order valence-electron chi connectivity index (χ0n) is 14.2. The van der Waals surface area contributed by atoms with Crippen molar-refractivity contribution in [3.63, 3.8) is 0 Å². The molecule has 4 aliphatic rings. The summed E-state index contributed by atoms with van der Waals surface area (Å²) in [4.78, 5) is 26.0. The summed E-state index contributed by atoms with van der Waals surface area (Å²) in [5.41, 5.74) is 3.13. The highest BCUT2D eigenvalue weighted by Gasteiger charge is 2.47. The maximum absolute atomic E-state index is 13.1. The molecule has 0 radical (unpaired) electrons. The lowest BCUT2D eigenvalue weighted by atomic mass is 9.77. The summed E-state index contributed by atoms with van der Waals surface area (Å²) in [5.74, 6) is 0.891.